The van der Waals surface area contributed by atoms with Gasteiger partial charge in [0.2, 0.25) is 10.0 Å². The van der Waals surface area contributed by atoms with Gasteiger partial charge < -0.3 is 4.74 Å². The topological polar surface area (TPSA) is 103 Å². The normalized spacial score (nSPS) is 15.7. The average molecular weight is 438 g/mol. The van der Waals surface area contributed by atoms with Crippen molar-refractivity contribution < 1.29 is 18.1 Å². The fourth-order valence-electron chi connectivity index (χ4n) is 2.81. The molecule has 3 aromatic rings. The summed E-state index contributed by atoms with van der Waals surface area (Å²) in [5, 5.41) is 11.6. The second kappa shape index (κ2) is 7.76. The summed E-state index contributed by atoms with van der Waals surface area (Å²) < 4.78 is 33.7. The number of para-hydroxylation sites is 1. The molecule has 0 N–H and O–H groups in total. The molecule has 8 nitrogen and oxygen atoms in total. The van der Waals surface area contributed by atoms with Crippen molar-refractivity contribution in [2.75, 3.05) is 26.3 Å². The number of nitro benzene ring substituents is 1. The van der Waals surface area contributed by atoms with Crippen LogP contribution in [0.15, 0.2) is 56.6 Å². The zero-order valence-corrected chi connectivity index (χ0v) is 16.9. The molecule has 2 aromatic carbocycles. The molecule has 0 aliphatic carbocycles. The van der Waals surface area contributed by atoms with Gasteiger partial charge in [0, 0.05) is 19.2 Å². The van der Waals surface area contributed by atoms with Gasteiger partial charge in [-0.2, -0.15) is 4.31 Å². The molecule has 1 aromatic heterocycles. The summed E-state index contributed by atoms with van der Waals surface area (Å²) in [5.74, 6) is 0. The highest BCUT2D eigenvalue weighted by Gasteiger charge is 2.29. The van der Waals surface area contributed by atoms with Crippen LogP contribution in [0.4, 0.5) is 5.69 Å². The minimum Gasteiger partial charge on any atom is -0.379 e. The highest BCUT2D eigenvalue weighted by molar-refractivity contribution is 8.01. The molecule has 0 radical (unpaired) electrons. The zero-order valence-electron chi connectivity index (χ0n) is 14.5. The van der Waals surface area contributed by atoms with E-state index in [0.29, 0.717) is 22.4 Å². The number of hydrogen-bond acceptors (Lipinski definition) is 8. The van der Waals surface area contributed by atoms with Crippen LogP contribution >= 0.6 is 23.1 Å². The first-order valence-electron chi connectivity index (χ1n) is 8.35. The first kappa shape index (κ1) is 19.3. The maximum absolute atomic E-state index is 12.8. The van der Waals surface area contributed by atoms with Crippen LogP contribution in [-0.4, -0.2) is 48.9 Å². The Morgan fingerprint density at radius 3 is 2.64 bits per heavy atom. The van der Waals surface area contributed by atoms with E-state index in [1.807, 2.05) is 24.3 Å². The Kier molecular flexibility index (Phi) is 5.34. The molecule has 0 saturated carbocycles. The number of thiazole rings is 1. The third-order valence-corrected chi connectivity index (χ3v) is 8.26. The number of nitro groups is 1. The summed E-state index contributed by atoms with van der Waals surface area (Å²) >= 11 is 2.59. The Labute approximate surface area is 169 Å². The van der Waals surface area contributed by atoms with Crippen molar-refractivity contribution in [3.8, 4) is 0 Å². The summed E-state index contributed by atoms with van der Waals surface area (Å²) in [5.41, 5.74) is 0.572. The molecular formula is C17H15N3O5S3. The second-order valence-electron chi connectivity index (χ2n) is 5.95. The van der Waals surface area contributed by atoms with E-state index in [2.05, 4.69) is 4.98 Å². The van der Waals surface area contributed by atoms with Crippen molar-refractivity contribution in [2.45, 2.75) is 14.1 Å². The molecule has 1 fully saturated rings. The van der Waals surface area contributed by atoms with E-state index in [1.54, 1.807) is 0 Å². The van der Waals surface area contributed by atoms with Crippen LogP contribution in [0.3, 0.4) is 0 Å². The maximum Gasteiger partial charge on any atom is 0.284 e. The zero-order chi connectivity index (χ0) is 19.7. The molecule has 0 bridgehead atoms. The highest BCUT2D eigenvalue weighted by Crippen LogP contribution is 2.39. The standard InChI is InChI=1S/C17H15N3O5S3/c21-20(22)14-11-12(28(23,24)19-7-9-25-10-8-19)5-6-16(14)27-17-18-13-3-1-2-4-15(13)26-17/h1-6,11H,7-10H2. The number of benzene rings is 2. The van der Waals surface area contributed by atoms with Crippen molar-refractivity contribution in [1.29, 1.82) is 0 Å². The van der Waals surface area contributed by atoms with Gasteiger partial charge in [0.15, 0.2) is 4.34 Å². The Morgan fingerprint density at radius 2 is 1.93 bits per heavy atom. The molecule has 4 rings (SSSR count). The fraction of sp³-hybridized carbons (Fsp3) is 0.235. The molecule has 28 heavy (non-hydrogen) atoms. The van der Waals surface area contributed by atoms with E-state index in [0.717, 1.165) is 28.0 Å². The number of fused-ring (bicyclic) bond motifs is 1. The second-order valence-corrected chi connectivity index (χ2v) is 10.2. The Balaban J connectivity index is 1.68. The van der Waals surface area contributed by atoms with Crippen LogP contribution in [-0.2, 0) is 14.8 Å². The van der Waals surface area contributed by atoms with Gasteiger partial charge in [0.1, 0.15) is 0 Å². The number of hydrogen-bond donors (Lipinski definition) is 0. The summed E-state index contributed by atoms with van der Waals surface area (Å²) in [6.45, 7) is 1.09. The summed E-state index contributed by atoms with van der Waals surface area (Å²) in [6, 6.07) is 11.6. The van der Waals surface area contributed by atoms with Crippen LogP contribution in [0.2, 0.25) is 0 Å². The SMILES string of the molecule is O=[N+]([O-])c1cc(S(=O)(=O)N2CCOCC2)ccc1Sc1nc2ccccc2s1. The number of morpholine rings is 1. The van der Waals surface area contributed by atoms with E-state index in [-0.39, 0.29) is 23.7 Å². The molecular weight excluding hydrogens is 422 g/mol. The quantitative estimate of drug-likeness (QED) is 0.445. The van der Waals surface area contributed by atoms with Gasteiger partial charge in [-0.25, -0.2) is 13.4 Å². The van der Waals surface area contributed by atoms with E-state index in [4.69, 9.17) is 4.74 Å². The molecule has 1 aliphatic heterocycles. The number of ether oxygens (including phenoxy) is 1. The lowest BCUT2D eigenvalue weighted by molar-refractivity contribution is -0.388. The lowest BCUT2D eigenvalue weighted by Gasteiger charge is -2.26. The third kappa shape index (κ3) is 3.76. The van der Waals surface area contributed by atoms with Gasteiger partial charge in [-0.05, 0) is 24.3 Å². The van der Waals surface area contributed by atoms with Gasteiger partial charge in [0.05, 0.1) is 38.1 Å². The fourth-order valence-corrected chi connectivity index (χ4v) is 6.35. The van der Waals surface area contributed by atoms with E-state index >= 15 is 0 Å². The first-order chi connectivity index (χ1) is 13.4. The average Bonchev–Trinajstić information content (AvgIpc) is 3.11. The van der Waals surface area contributed by atoms with Gasteiger partial charge in [-0.15, -0.1) is 11.3 Å². The summed E-state index contributed by atoms with van der Waals surface area (Å²) in [4.78, 5) is 15.8. The van der Waals surface area contributed by atoms with Crippen LogP contribution in [0.5, 0.6) is 0 Å². The molecule has 146 valence electrons. The smallest absolute Gasteiger partial charge is 0.284 e. The third-order valence-electron chi connectivity index (χ3n) is 4.21. The molecule has 0 amide bonds. The van der Waals surface area contributed by atoms with Crippen molar-refractivity contribution in [1.82, 2.24) is 9.29 Å². The molecule has 11 heteroatoms. The van der Waals surface area contributed by atoms with Gasteiger partial charge >= 0.3 is 0 Å². The Hall–Kier alpha value is -2.05. The summed E-state index contributed by atoms with van der Waals surface area (Å²) in [6.07, 6.45) is 0. The van der Waals surface area contributed by atoms with E-state index in [9.17, 15) is 18.5 Å². The van der Waals surface area contributed by atoms with Crippen LogP contribution in [0.1, 0.15) is 0 Å². The lowest BCUT2D eigenvalue weighted by Crippen LogP contribution is -2.40. The maximum atomic E-state index is 12.8. The van der Waals surface area contributed by atoms with Gasteiger partial charge in [-0.3, -0.25) is 10.1 Å². The van der Waals surface area contributed by atoms with Crippen LogP contribution in [0, 0.1) is 10.1 Å². The lowest BCUT2D eigenvalue weighted by atomic mass is 10.3. The van der Waals surface area contributed by atoms with Crippen molar-refractivity contribution >= 4 is 49.0 Å². The molecule has 2 heterocycles. The Bertz CT molecular complexity index is 1110. The Morgan fingerprint density at radius 1 is 1.18 bits per heavy atom. The molecule has 0 atom stereocenters. The predicted molar refractivity (Wildman–Crippen MR) is 106 cm³/mol. The predicted octanol–water partition coefficient (Wildman–Crippen LogP) is 3.38. The van der Waals surface area contributed by atoms with Gasteiger partial charge in [-0.1, -0.05) is 23.9 Å². The van der Waals surface area contributed by atoms with Crippen molar-refractivity contribution in [2.24, 2.45) is 0 Å². The first-order valence-corrected chi connectivity index (χ1v) is 11.4. The van der Waals surface area contributed by atoms with E-state index in [1.165, 1.54) is 27.8 Å². The highest BCUT2D eigenvalue weighted by atomic mass is 32.2. The van der Waals surface area contributed by atoms with E-state index < -0.39 is 14.9 Å². The largest absolute Gasteiger partial charge is 0.379 e. The van der Waals surface area contributed by atoms with Gasteiger partial charge in [0.25, 0.3) is 5.69 Å². The number of nitrogens with zero attached hydrogens (tertiary/aromatic N) is 3. The molecule has 1 aliphatic rings. The minimum atomic E-state index is -3.80. The minimum absolute atomic E-state index is 0.0882. The van der Waals surface area contributed by atoms with Crippen molar-refractivity contribution in [3.05, 3.63) is 52.6 Å². The molecule has 0 unspecified atom stereocenters. The summed E-state index contributed by atoms with van der Waals surface area (Å²) in [7, 11) is -3.80. The molecule has 1 saturated heterocycles. The number of rotatable bonds is 5. The van der Waals surface area contributed by atoms with Crippen molar-refractivity contribution in [3.63, 3.8) is 0 Å². The number of sulfonamides is 1. The number of aromatic nitrogens is 1. The van der Waals surface area contributed by atoms with Crippen LogP contribution in [0.25, 0.3) is 10.2 Å². The monoisotopic (exact) mass is 437 g/mol. The van der Waals surface area contributed by atoms with Crippen LogP contribution < -0.4 is 0 Å². The molecule has 0 spiro atoms.